The quantitative estimate of drug-likeness (QED) is 0.551. The maximum absolute atomic E-state index is 4.50. The van der Waals surface area contributed by atoms with Gasteiger partial charge < -0.3 is 0 Å². The topological polar surface area (TPSA) is 12.9 Å². The average molecular weight is 410 g/mol. The van der Waals surface area contributed by atoms with E-state index in [0.29, 0.717) is 0 Å². The third kappa shape index (κ3) is 2.31. The Kier molecular flexibility index (Phi) is 3.80. The van der Waals surface area contributed by atoms with Crippen LogP contribution >= 0.6 is 0 Å². The van der Waals surface area contributed by atoms with Gasteiger partial charge in [0.15, 0.2) is 0 Å². The SMILES string of the molecule is [CH2-]c1ccccc1-c1cc2ccccc2cn1.[Ir]. The van der Waals surface area contributed by atoms with Gasteiger partial charge in [0.1, 0.15) is 0 Å². The Morgan fingerprint density at radius 3 is 2.28 bits per heavy atom. The number of hydrogen-bond donors (Lipinski definition) is 0. The predicted molar refractivity (Wildman–Crippen MR) is 71.6 cm³/mol. The van der Waals surface area contributed by atoms with Crippen LogP contribution in [0.4, 0.5) is 0 Å². The van der Waals surface area contributed by atoms with Crippen molar-refractivity contribution in [2.24, 2.45) is 0 Å². The third-order valence-corrected chi connectivity index (χ3v) is 2.92. The number of pyridine rings is 1. The smallest absolute Gasteiger partial charge is 0.0340 e. The van der Waals surface area contributed by atoms with E-state index in [2.05, 4.69) is 36.2 Å². The molecule has 0 atom stereocenters. The van der Waals surface area contributed by atoms with E-state index >= 15 is 0 Å². The van der Waals surface area contributed by atoms with E-state index in [0.717, 1.165) is 22.2 Å². The van der Waals surface area contributed by atoms with Crippen LogP contribution in [0, 0.1) is 6.92 Å². The van der Waals surface area contributed by atoms with Crippen molar-refractivity contribution < 1.29 is 20.1 Å². The maximum Gasteiger partial charge on any atom is 0.0340 e. The zero-order valence-corrected chi connectivity index (χ0v) is 12.2. The summed E-state index contributed by atoms with van der Waals surface area (Å²) in [4.78, 5) is 4.50. The Bertz CT molecular complexity index is 677. The van der Waals surface area contributed by atoms with E-state index in [9.17, 15) is 0 Å². The van der Waals surface area contributed by atoms with E-state index < -0.39 is 0 Å². The van der Waals surface area contributed by atoms with Crippen LogP contribution in [0.2, 0.25) is 0 Å². The second-order valence-corrected chi connectivity index (χ2v) is 4.07. The molecule has 0 aliphatic carbocycles. The monoisotopic (exact) mass is 411 g/mol. The van der Waals surface area contributed by atoms with Gasteiger partial charge in [0, 0.05) is 32.0 Å². The van der Waals surface area contributed by atoms with Crippen LogP contribution in [0.1, 0.15) is 5.56 Å². The van der Waals surface area contributed by atoms with Crippen molar-refractivity contribution >= 4 is 10.8 Å². The van der Waals surface area contributed by atoms with E-state index in [4.69, 9.17) is 0 Å². The normalized spacial score (nSPS) is 10.0. The van der Waals surface area contributed by atoms with Crippen LogP contribution in [-0.2, 0) is 20.1 Å². The molecule has 18 heavy (non-hydrogen) atoms. The predicted octanol–water partition coefficient (Wildman–Crippen LogP) is 4.08. The second kappa shape index (κ2) is 5.34. The number of rotatable bonds is 1. The molecule has 3 rings (SSSR count). The van der Waals surface area contributed by atoms with Crippen molar-refractivity contribution in [1.29, 1.82) is 0 Å². The molecule has 0 unspecified atom stereocenters. The summed E-state index contributed by atoms with van der Waals surface area (Å²) in [6, 6.07) is 18.4. The van der Waals surface area contributed by atoms with E-state index in [1.165, 1.54) is 5.39 Å². The maximum atomic E-state index is 4.50. The van der Waals surface area contributed by atoms with Crippen molar-refractivity contribution in [3.63, 3.8) is 0 Å². The number of aromatic nitrogens is 1. The molecule has 0 spiro atoms. The van der Waals surface area contributed by atoms with Crippen molar-refractivity contribution in [1.82, 2.24) is 4.98 Å². The van der Waals surface area contributed by atoms with Gasteiger partial charge >= 0.3 is 0 Å². The fourth-order valence-corrected chi connectivity index (χ4v) is 2.00. The summed E-state index contributed by atoms with van der Waals surface area (Å²) in [7, 11) is 0. The summed E-state index contributed by atoms with van der Waals surface area (Å²) < 4.78 is 0. The number of benzene rings is 2. The Labute approximate surface area is 120 Å². The zero-order chi connectivity index (χ0) is 11.7. The Morgan fingerprint density at radius 2 is 1.50 bits per heavy atom. The van der Waals surface area contributed by atoms with Gasteiger partial charge in [-0.25, -0.2) is 0 Å². The molecular weight excluding hydrogens is 398 g/mol. The molecule has 2 aromatic carbocycles. The summed E-state index contributed by atoms with van der Waals surface area (Å²) in [5, 5.41) is 2.37. The molecule has 0 amide bonds. The standard InChI is InChI=1S/C16H12N.Ir/c1-12-6-2-5-9-15(12)16-10-13-7-3-4-8-14(13)11-17-16;/h2-11H,1H2;/q-1;. The minimum Gasteiger partial charge on any atom is -0.269 e. The van der Waals surface area contributed by atoms with Gasteiger partial charge in [-0.1, -0.05) is 30.3 Å². The molecule has 0 bridgehead atoms. The van der Waals surface area contributed by atoms with E-state index in [-0.39, 0.29) is 20.1 Å². The van der Waals surface area contributed by atoms with Gasteiger partial charge in [0.05, 0.1) is 0 Å². The van der Waals surface area contributed by atoms with Gasteiger partial charge in [0.2, 0.25) is 0 Å². The third-order valence-electron chi connectivity index (χ3n) is 2.92. The van der Waals surface area contributed by atoms with Crippen LogP contribution < -0.4 is 0 Å². The molecule has 0 saturated heterocycles. The fraction of sp³-hybridized carbons (Fsp3) is 0. The number of hydrogen-bond acceptors (Lipinski definition) is 1. The minimum atomic E-state index is 0. The molecule has 3 aromatic rings. The Morgan fingerprint density at radius 1 is 0.833 bits per heavy atom. The molecule has 91 valence electrons. The summed E-state index contributed by atoms with van der Waals surface area (Å²) in [5.41, 5.74) is 3.09. The van der Waals surface area contributed by atoms with Crippen LogP contribution in [0.25, 0.3) is 22.0 Å². The minimum absolute atomic E-state index is 0. The Balaban J connectivity index is 0.00000120. The van der Waals surface area contributed by atoms with Crippen molar-refractivity contribution in [3.8, 4) is 11.3 Å². The van der Waals surface area contributed by atoms with Crippen molar-refractivity contribution in [2.45, 2.75) is 0 Å². The second-order valence-electron chi connectivity index (χ2n) is 4.07. The largest absolute Gasteiger partial charge is 0.269 e. The van der Waals surface area contributed by atoms with Gasteiger partial charge in [-0.3, -0.25) is 4.98 Å². The summed E-state index contributed by atoms with van der Waals surface area (Å²) in [5.74, 6) is 0. The van der Waals surface area contributed by atoms with Crippen LogP contribution in [-0.4, -0.2) is 4.98 Å². The first-order valence-corrected chi connectivity index (χ1v) is 5.61. The fourth-order valence-electron chi connectivity index (χ4n) is 2.00. The molecule has 0 N–H and O–H groups in total. The van der Waals surface area contributed by atoms with Gasteiger partial charge in [-0.2, -0.15) is 18.6 Å². The summed E-state index contributed by atoms with van der Waals surface area (Å²) >= 11 is 0. The van der Waals surface area contributed by atoms with Crippen molar-refractivity contribution in [3.05, 3.63) is 73.3 Å². The van der Waals surface area contributed by atoms with Crippen LogP contribution in [0.5, 0.6) is 0 Å². The first-order chi connectivity index (χ1) is 8.34. The molecule has 1 radical (unpaired) electrons. The van der Waals surface area contributed by atoms with Crippen molar-refractivity contribution in [2.75, 3.05) is 0 Å². The van der Waals surface area contributed by atoms with Gasteiger partial charge in [0.25, 0.3) is 0 Å². The molecule has 1 heterocycles. The molecule has 1 aromatic heterocycles. The van der Waals surface area contributed by atoms with Crippen LogP contribution in [0.3, 0.4) is 0 Å². The first-order valence-electron chi connectivity index (χ1n) is 5.61. The molecule has 0 aliphatic heterocycles. The van der Waals surface area contributed by atoms with Gasteiger partial charge in [-0.05, 0) is 16.8 Å². The summed E-state index contributed by atoms with van der Waals surface area (Å²) in [6.07, 6.45) is 1.91. The van der Waals surface area contributed by atoms with E-state index in [1.54, 1.807) is 0 Å². The average Bonchev–Trinajstić information content (AvgIpc) is 2.39. The molecule has 1 nitrogen and oxygen atoms in total. The molecular formula is C16H12IrN-. The zero-order valence-electron chi connectivity index (χ0n) is 9.76. The molecule has 2 heteroatoms. The number of fused-ring (bicyclic) bond motifs is 1. The first kappa shape index (κ1) is 12.8. The number of nitrogens with zero attached hydrogens (tertiary/aromatic N) is 1. The van der Waals surface area contributed by atoms with E-state index in [1.807, 2.05) is 36.5 Å². The Hall–Kier alpha value is -1.63. The molecule has 0 aliphatic rings. The summed E-state index contributed by atoms with van der Waals surface area (Å²) in [6.45, 7) is 4.04. The molecule has 0 saturated carbocycles. The van der Waals surface area contributed by atoms with Gasteiger partial charge in [-0.15, -0.1) is 17.7 Å². The van der Waals surface area contributed by atoms with Crippen LogP contribution in [0.15, 0.2) is 60.8 Å². The molecule has 0 fully saturated rings.